The van der Waals surface area contributed by atoms with E-state index < -0.39 is 7.26 Å². The molecule has 0 amide bonds. The van der Waals surface area contributed by atoms with E-state index in [0.717, 1.165) is 38.6 Å². The molecule has 5 aromatic rings. The molecule has 0 atom stereocenters. The molecule has 0 unspecified atom stereocenters. The van der Waals surface area contributed by atoms with Crippen molar-refractivity contribution in [3.05, 3.63) is 155 Å². The predicted molar refractivity (Wildman–Crippen MR) is 188 cm³/mol. The molecule has 45 heavy (non-hydrogen) atoms. The molecule has 1 aliphatic rings. The van der Waals surface area contributed by atoms with Crippen molar-refractivity contribution in [1.29, 1.82) is 0 Å². The Labute approximate surface area is 279 Å². The van der Waals surface area contributed by atoms with Crippen LogP contribution in [0.2, 0.25) is 0 Å². The van der Waals surface area contributed by atoms with Crippen molar-refractivity contribution < 1.29 is 22.7 Å². The molecule has 3 nitrogen and oxygen atoms in total. The van der Waals surface area contributed by atoms with Gasteiger partial charge in [-0.25, -0.2) is 0 Å². The van der Waals surface area contributed by atoms with Crippen molar-refractivity contribution in [3.63, 3.8) is 0 Å². The van der Waals surface area contributed by atoms with E-state index in [2.05, 4.69) is 153 Å². The molecule has 0 N–H and O–H groups in total. The predicted octanol–water partition coefficient (Wildman–Crippen LogP) is 7.73. The van der Waals surface area contributed by atoms with Gasteiger partial charge in [-0.2, -0.15) is 0 Å². The third-order valence-corrected chi connectivity index (χ3v) is 13.7. The second-order valence-electron chi connectivity index (χ2n) is 10.4. The summed E-state index contributed by atoms with van der Waals surface area (Å²) in [4.78, 5) is 0. The molecule has 0 radical (unpaired) electrons. The van der Waals surface area contributed by atoms with Gasteiger partial charge < -0.3 is 0 Å². The third kappa shape index (κ3) is 6.15. The fourth-order valence-electron chi connectivity index (χ4n) is 5.71. The minimum absolute atomic E-state index is 0.551. The summed E-state index contributed by atoms with van der Waals surface area (Å²) in [5, 5.41) is 4.87. The Kier molecular flexibility index (Phi) is 9.94. The first-order valence-electron chi connectivity index (χ1n) is 14.7. The Balaban J connectivity index is 1.72. The number of aromatic nitrogens is 2. The Hall–Kier alpha value is -3.97. The van der Waals surface area contributed by atoms with E-state index in [-0.39, 0.29) is 0 Å². The van der Waals surface area contributed by atoms with Crippen LogP contribution in [0.15, 0.2) is 143 Å². The van der Waals surface area contributed by atoms with E-state index in [0.29, 0.717) is 13.2 Å². The third-order valence-electron chi connectivity index (χ3n) is 7.82. The first kappa shape index (κ1) is 31.0. The van der Waals surface area contributed by atoms with Gasteiger partial charge in [-0.05, 0) is 0 Å². The average molecular weight is 797 g/mol. The van der Waals surface area contributed by atoms with Gasteiger partial charge in [0.05, 0.1) is 0 Å². The second-order valence-corrected chi connectivity index (χ2v) is 14.9. The van der Waals surface area contributed by atoms with Gasteiger partial charge in [-0.1, -0.05) is 0 Å². The summed E-state index contributed by atoms with van der Waals surface area (Å²) in [6, 6.07) is 36.7. The summed E-state index contributed by atoms with van der Waals surface area (Å²) >= 11 is 2.99. The number of nitrogens with zero attached hydrogens (tertiary/aromatic N) is 2. The van der Waals surface area contributed by atoms with E-state index in [9.17, 15) is 0 Å². The Morgan fingerprint density at radius 3 is 1.91 bits per heavy atom. The van der Waals surface area contributed by atoms with Gasteiger partial charge in [0.15, 0.2) is 0 Å². The summed E-state index contributed by atoms with van der Waals surface area (Å²) < 4.78 is 18.9. The number of hydrogen-bond donors (Lipinski definition) is 0. The molecular formula is C39H31N2OOsPS+. The van der Waals surface area contributed by atoms with Gasteiger partial charge in [-0.15, -0.1) is 0 Å². The molecular weight excluding hydrogens is 766 g/mol. The van der Waals surface area contributed by atoms with Crippen molar-refractivity contribution in [1.82, 2.24) is 8.75 Å². The molecule has 1 aromatic heterocycles. The molecule has 2 heterocycles. The van der Waals surface area contributed by atoms with Crippen molar-refractivity contribution in [3.8, 4) is 16.2 Å². The zero-order valence-corrected chi connectivity index (χ0v) is 29.3. The van der Waals surface area contributed by atoms with E-state index in [1.807, 2.05) is 13.0 Å². The van der Waals surface area contributed by atoms with E-state index in [4.69, 9.17) is 4.74 Å². The molecule has 6 heteroatoms. The molecule has 1 saturated heterocycles. The van der Waals surface area contributed by atoms with Crippen LogP contribution in [0.4, 0.5) is 0 Å². The number of rotatable bonds is 6. The molecule has 4 aromatic carbocycles. The maximum atomic E-state index is 5.92. The summed E-state index contributed by atoms with van der Waals surface area (Å²) in [6.07, 6.45) is 8.46. The standard InChI is InChI=1S/C39H31N2OPS.Os/c1-4-15-31-22-23-32(39-38(31)40-44-41-39)24-25-33(26-34-28-42-27-30(34)5-2)29(3)43(35-16-9-6-10-17-35,36-18-11-7-12-19-36)37-20-13-8-14-21-37;/h4-23,26H,27-28H2,1-2H3;/q+1;/b15-4+,30-5?,33-29?,34-26?;. The summed E-state index contributed by atoms with van der Waals surface area (Å²) in [7, 11) is -2.45. The Morgan fingerprint density at radius 1 is 0.778 bits per heavy atom. The molecule has 221 valence electrons. The second kappa shape index (κ2) is 14.4. The van der Waals surface area contributed by atoms with Crippen molar-refractivity contribution >= 4 is 52.0 Å². The topological polar surface area (TPSA) is 35.0 Å². The average Bonchev–Trinajstić information content (AvgIpc) is 3.78. The quantitative estimate of drug-likeness (QED) is 0.131. The Morgan fingerprint density at radius 2 is 1.36 bits per heavy atom. The van der Waals surface area contributed by atoms with E-state index in [1.54, 1.807) is 17.9 Å². The van der Waals surface area contributed by atoms with Crippen molar-refractivity contribution in [2.75, 3.05) is 13.2 Å². The fraction of sp³-hybridized carbons (Fsp3) is 0.103. The zero-order valence-electron chi connectivity index (χ0n) is 25.1. The molecule has 0 saturated carbocycles. The number of hydrogen-bond acceptors (Lipinski definition) is 4. The van der Waals surface area contributed by atoms with Gasteiger partial charge in [0.25, 0.3) is 0 Å². The van der Waals surface area contributed by atoms with Gasteiger partial charge in [0, 0.05) is 0 Å². The minimum atomic E-state index is -2.45. The number of allylic oxidation sites excluding steroid dienone is 5. The van der Waals surface area contributed by atoms with Gasteiger partial charge in [-0.3, -0.25) is 0 Å². The number of ether oxygens (including phenoxy) is 1. The van der Waals surface area contributed by atoms with Gasteiger partial charge >= 0.3 is 281 Å². The molecule has 0 bridgehead atoms. The van der Waals surface area contributed by atoms with Crippen LogP contribution >= 0.6 is 19.0 Å². The summed E-state index contributed by atoms with van der Waals surface area (Å²) in [5.74, 6) is 7.21. The van der Waals surface area contributed by atoms with Crippen LogP contribution in [0.1, 0.15) is 25.0 Å². The van der Waals surface area contributed by atoms with Crippen LogP contribution in [-0.4, -0.2) is 22.0 Å². The van der Waals surface area contributed by atoms with Crippen molar-refractivity contribution in [2.45, 2.75) is 13.8 Å². The number of fused-ring (bicyclic) bond motifs is 1. The zero-order chi connectivity index (χ0) is 31.1. The fourth-order valence-corrected chi connectivity index (χ4v) is 12.0. The summed E-state index contributed by atoms with van der Waals surface area (Å²) in [5.41, 5.74) is 6.89. The molecule has 0 aliphatic carbocycles. The molecule has 1 fully saturated rings. The summed E-state index contributed by atoms with van der Waals surface area (Å²) in [6.45, 7) is 5.24. The molecule has 6 rings (SSSR count). The van der Waals surface area contributed by atoms with Crippen LogP contribution in [-0.2, 0) is 22.7 Å². The SMILES string of the molecule is CC=C1COCC1=CC(C#Cc1ccc(/C=C/C)c2nsnc12)=C([C]#[Os])[P+](c1ccccc1)(c1ccccc1)c1ccccc1. The van der Waals surface area contributed by atoms with Crippen LogP contribution in [0.25, 0.3) is 17.1 Å². The first-order chi connectivity index (χ1) is 22.2. The Bertz CT molecular complexity index is 1960. The van der Waals surface area contributed by atoms with E-state index in [1.165, 1.54) is 33.2 Å². The normalized spacial score (nSPS) is 15.7. The van der Waals surface area contributed by atoms with Crippen LogP contribution in [0.5, 0.6) is 0 Å². The van der Waals surface area contributed by atoms with Crippen LogP contribution in [0, 0.1) is 16.2 Å². The van der Waals surface area contributed by atoms with Gasteiger partial charge in [0.1, 0.15) is 0 Å². The number of benzene rings is 4. The van der Waals surface area contributed by atoms with E-state index >= 15 is 0 Å². The van der Waals surface area contributed by atoms with Gasteiger partial charge in [0.2, 0.25) is 0 Å². The first-order valence-corrected chi connectivity index (χ1v) is 18.5. The molecule has 0 spiro atoms. The monoisotopic (exact) mass is 798 g/mol. The molecule has 1 aliphatic heterocycles. The maximum absolute atomic E-state index is 5.92. The van der Waals surface area contributed by atoms with Crippen LogP contribution in [0.3, 0.4) is 0 Å². The van der Waals surface area contributed by atoms with Crippen LogP contribution < -0.4 is 15.9 Å². The van der Waals surface area contributed by atoms with Crippen molar-refractivity contribution in [2.24, 2.45) is 0 Å².